The van der Waals surface area contributed by atoms with Crippen molar-refractivity contribution in [2.24, 2.45) is 0 Å². The van der Waals surface area contributed by atoms with E-state index in [1.807, 2.05) is 146 Å². The van der Waals surface area contributed by atoms with Gasteiger partial charge in [-0.1, -0.05) is 146 Å². The number of carbonyl (C=O) groups excluding carboxylic acids is 2. The van der Waals surface area contributed by atoms with Gasteiger partial charge in [0.1, 0.15) is 11.2 Å². The van der Waals surface area contributed by atoms with E-state index in [4.69, 9.17) is 0 Å². The van der Waals surface area contributed by atoms with Gasteiger partial charge >= 0.3 is 0 Å². The topological polar surface area (TPSA) is 81.1 Å². The lowest BCUT2D eigenvalue weighted by Crippen LogP contribution is -2.31. The van der Waals surface area contributed by atoms with Crippen molar-refractivity contribution in [3.05, 3.63) is 179 Å². The van der Waals surface area contributed by atoms with Crippen LogP contribution in [0.3, 0.4) is 0 Å². The fourth-order valence-corrected chi connectivity index (χ4v) is 4.67. The Morgan fingerprint density at radius 1 is 0.386 bits per heavy atom. The highest BCUT2D eigenvalue weighted by atomic mass is 16.3. The van der Waals surface area contributed by atoms with Crippen LogP contribution in [0.2, 0.25) is 0 Å². The molecule has 5 rings (SSSR count). The van der Waals surface area contributed by atoms with Gasteiger partial charge in [0.15, 0.2) is 0 Å². The molecule has 0 aromatic heterocycles. The largest absolute Gasteiger partial charge is 0.376 e. The van der Waals surface area contributed by atoms with Crippen LogP contribution < -0.4 is 0 Å². The van der Waals surface area contributed by atoms with Crippen LogP contribution in [0, 0.1) is 0 Å². The van der Waals surface area contributed by atoms with E-state index < -0.39 is 11.2 Å². The Morgan fingerprint density at radius 3 is 0.705 bits per heavy atom. The van der Waals surface area contributed by atoms with Gasteiger partial charge < -0.3 is 20.0 Å². The van der Waals surface area contributed by atoms with Gasteiger partial charge in [0, 0.05) is 28.2 Å². The molecule has 0 bridgehead atoms. The van der Waals surface area contributed by atoms with Crippen LogP contribution >= 0.6 is 0 Å². The minimum atomic E-state index is -1.32. The maximum Gasteiger partial charge on any atom is 0.209 e. The van der Waals surface area contributed by atoms with E-state index >= 15 is 0 Å². The van der Waals surface area contributed by atoms with Gasteiger partial charge in [-0.2, -0.15) is 0 Å². The lowest BCUT2D eigenvalue weighted by atomic mass is 9.77. The number of benzene rings is 5. The fourth-order valence-electron chi connectivity index (χ4n) is 4.67. The van der Waals surface area contributed by atoms with E-state index in [0.717, 1.165) is 46.2 Å². The first-order valence-electron chi connectivity index (χ1n) is 14.2. The van der Waals surface area contributed by atoms with Crippen molar-refractivity contribution in [1.82, 2.24) is 9.80 Å². The first kappa shape index (κ1) is 33.5. The zero-order valence-corrected chi connectivity index (χ0v) is 25.6. The van der Waals surface area contributed by atoms with Crippen molar-refractivity contribution in [3.63, 3.8) is 0 Å². The third-order valence-electron chi connectivity index (χ3n) is 6.91. The molecule has 2 N–H and O–H groups in total. The number of nitrogens with zero attached hydrogens (tertiary/aromatic N) is 2. The van der Waals surface area contributed by atoms with Crippen LogP contribution in [0.4, 0.5) is 0 Å². The molecular formula is C38H40N2O4. The van der Waals surface area contributed by atoms with Gasteiger partial charge in [0.05, 0.1) is 0 Å². The quantitative estimate of drug-likeness (QED) is 0.181. The third kappa shape index (κ3) is 8.07. The monoisotopic (exact) mass is 588 g/mol. The molecule has 6 nitrogen and oxygen atoms in total. The van der Waals surface area contributed by atoms with Gasteiger partial charge in [-0.15, -0.1) is 0 Å². The molecule has 0 atom stereocenters. The van der Waals surface area contributed by atoms with Gasteiger partial charge in [-0.25, -0.2) is 0 Å². The molecule has 0 heterocycles. The zero-order valence-electron chi connectivity index (χ0n) is 25.6. The molecule has 0 radical (unpaired) electrons. The molecule has 44 heavy (non-hydrogen) atoms. The standard InChI is InChI=1S/C32H26O2.2C3H7NO/c33-31(25-13-5-1-6-14-25,26-15-7-2-8-16-26)29-21-23-30(24-22-29)32(34,27-17-9-3-10-18-27)28-19-11-4-12-20-28;2*1-4(2)3-5/h1-24,33-34H;2*3H,1-2H3. The van der Waals surface area contributed by atoms with E-state index in [9.17, 15) is 19.8 Å². The second-order valence-corrected chi connectivity index (χ2v) is 10.6. The molecule has 0 aliphatic rings. The molecule has 0 aliphatic carbocycles. The predicted molar refractivity (Wildman–Crippen MR) is 176 cm³/mol. The van der Waals surface area contributed by atoms with E-state index in [1.54, 1.807) is 28.2 Å². The number of carbonyl (C=O) groups is 2. The van der Waals surface area contributed by atoms with Gasteiger partial charge in [-0.3, -0.25) is 9.59 Å². The van der Waals surface area contributed by atoms with Gasteiger partial charge in [0.25, 0.3) is 0 Å². The number of aliphatic hydroxyl groups is 2. The molecule has 0 aliphatic heterocycles. The van der Waals surface area contributed by atoms with Crippen molar-refractivity contribution in [2.45, 2.75) is 11.2 Å². The lowest BCUT2D eigenvalue weighted by Gasteiger charge is -2.33. The fraction of sp³-hybridized carbons (Fsp3) is 0.158. The first-order chi connectivity index (χ1) is 21.2. The van der Waals surface area contributed by atoms with Crippen LogP contribution in [-0.2, 0) is 20.8 Å². The molecule has 5 aromatic carbocycles. The number of hydrogen-bond acceptors (Lipinski definition) is 4. The summed E-state index contributed by atoms with van der Waals surface area (Å²) in [6.45, 7) is 0. The Balaban J connectivity index is 0.000000461. The Hall–Kier alpha value is -5.04. The minimum absolute atomic E-state index is 0.733. The van der Waals surface area contributed by atoms with E-state index in [-0.39, 0.29) is 0 Å². The van der Waals surface area contributed by atoms with Crippen LogP contribution in [0.25, 0.3) is 0 Å². The maximum atomic E-state index is 12.1. The Labute approximate surface area is 260 Å². The molecule has 2 amide bonds. The smallest absolute Gasteiger partial charge is 0.209 e. The first-order valence-corrected chi connectivity index (χ1v) is 14.2. The minimum Gasteiger partial charge on any atom is -0.376 e. The van der Waals surface area contributed by atoms with Crippen LogP contribution in [0.1, 0.15) is 33.4 Å². The number of rotatable bonds is 8. The second-order valence-electron chi connectivity index (χ2n) is 10.6. The summed E-state index contributed by atoms with van der Waals surface area (Å²) in [5, 5.41) is 24.2. The maximum absolute atomic E-state index is 12.1. The van der Waals surface area contributed by atoms with E-state index in [0.29, 0.717) is 0 Å². The average molecular weight is 589 g/mol. The van der Waals surface area contributed by atoms with Crippen LogP contribution in [0.5, 0.6) is 0 Å². The van der Waals surface area contributed by atoms with Gasteiger partial charge in [0.2, 0.25) is 12.8 Å². The zero-order chi connectivity index (χ0) is 32.0. The highest BCUT2D eigenvalue weighted by molar-refractivity contribution is 5.51. The van der Waals surface area contributed by atoms with Crippen molar-refractivity contribution >= 4 is 12.8 Å². The normalized spacial score (nSPS) is 10.7. The summed E-state index contributed by atoms with van der Waals surface area (Å²) in [5.74, 6) is 0. The highest BCUT2D eigenvalue weighted by Crippen LogP contribution is 2.40. The molecule has 0 fully saturated rings. The van der Waals surface area contributed by atoms with E-state index in [1.165, 1.54) is 9.80 Å². The van der Waals surface area contributed by atoms with Crippen molar-refractivity contribution in [1.29, 1.82) is 0 Å². The summed E-state index contributed by atoms with van der Waals surface area (Å²) >= 11 is 0. The molecule has 0 saturated heterocycles. The average Bonchev–Trinajstić information content (AvgIpc) is 3.09. The molecule has 0 unspecified atom stereocenters. The lowest BCUT2D eigenvalue weighted by molar-refractivity contribution is -0.116. The van der Waals surface area contributed by atoms with Crippen LogP contribution in [0.15, 0.2) is 146 Å². The summed E-state index contributed by atoms with van der Waals surface area (Å²) in [6.07, 6.45) is 1.50. The predicted octanol–water partition coefficient (Wildman–Crippen LogP) is 5.66. The number of hydrogen-bond donors (Lipinski definition) is 2. The third-order valence-corrected chi connectivity index (χ3v) is 6.91. The molecular weight excluding hydrogens is 548 g/mol. The number of amides is 2. The molecule has 0 spiro atoms. The van der Waals surface area contributed by atoms with Crippen molar-refractivity contribution in [3.8, 4) is 0 Å². The molecule has 6 heteroatoms. The summed E-state index contributed by atoms with van der Waals surface area (Å²) in [4.78, 5) is 21.8. The highest BCUT2D eigenvalue weighted by Gasteiger charge is 2.36. The van der Waals surface area contributed by atoms with E-state index in [2.05, 4.69) is 0 Å². The van der Waals surface area contributed by atoms with Crippen molar-refractivity contribution in [2.75, 3.05) is 28.2 Å². The summed E-state index contributed by atoms with van der Waals surface area (Å²) in [5.41, 5.74) is 1.97. The Kier molecular flexibility index (Phi) is 12.2. The summed E-state index contributed by atoms with van der Waals surface area (Å²) < 4.78 is 0. The Morgan fingerprint density at radius 2 is 0.545 bits per heavy atom. The summed E-state index contributed by atoms with van der Waals surface area (Å²) in [7, 11) is 6.75. The Bertz CT molecular complexity index is 1340. The van der Waals surface area contributed by atoms with Gasteiger partial charge in [-0.05, 0) is 33.4 Å². The van der Waals surface area contributed by atoms with Crippen LogP contribution in [-0.4, -0.2) is 61.0 Å². The molecule has 0 saturated carbocycles. The second kappa shape index (κ2) is 16.0. The SMILES string of the molecule is CN(C)C=O.CN(C)C=O.OC(c1ccccc1)(c1ccccc1)c1ccc(C(O)(c2ccccc2)c2ccccc2)cc1. The molecule has 226 valence electrons. The summed E-state index contributed by atoms with van der Waals surface area (Å²) in [6, 6.07) is 46.3. The van der Waals surface area contributed by atoms with Crippen molar-refractivity contribution < 1.29 is 19.8 Å². The molecule has 5 aromatic rings.